The van der Waals surface area contributed by atoms with Crippen LogP contribution in [0, 0.1) is 23.2 Å². The molecular weight excluding hydrogens is 398 g/mol. The van der Waals surface area contributed by atoms with E-state index in [4.69, 9.17) is 16.9 Å². The van der Waals surface area contributed by atoms with E-state index < -0.39 is 0 Å². The second-order valence-electron chi connectivity index (χ2n) is 8.11. The predicted molar refractivity (Wildman–Crippen MR) is 117 cm³/mol. The molecule has 0 spiro atoms. The van der Waals surface area contributed by atoms with E-state index in [1.165, 1.54) is 0 Å². The van der Waals surface area contributed by atoms with Crippen LogP contribution < -0.4 is 5.32 Å². The third-order valence-electron chi connectivity index (χ3n) is 6.07. The molecule has 154 valence electrons. The van der Waals surface area contributed by atoms with Gasteiger partial charge >= 0.3 is 0 Å². The van der Waals surface area contributed by atoms with Crippen LogP contribution in [0.5, 0.6) is 0 Å². The van der Waals surface area contributed by atoms with Gasteiger partial charge < -0.3 is 5.32 Å². The number of nitrogens with zero attached hydrogens (tertiary/aromatic N) is 4. The maximum absolute atomic E-state index is 12.9. The van der Waals surface area contributed by atoms with Gasteiger partial charge in [0.15, 0.2) is 0 Å². The number of fused-ring (bicyclic) bond motifs is 1. The van der Waals surface area contributed by atoms with Gasteiger partial charge in [0.05, 0.1) is 12.3 Å². The molecule has 1 aliphatic rings. The number of amides is 1. The molecule has 0 aliphatic heterocycles. The highest BCUT2D eigenvalue weighted by Gasteiger charge is 2.54. The first-order valence-electron chi connectivity index (χ1n) is 10.2. The number of halogens is 1. The molecule has 0 unspecified atom stereocenters. The number of anilines is 1. The van der Waals surface area contributed by atoms with Crippen LogP contribution in [0.1, 0.15) is 49.7 Å². The SMILES string of the molecule is CC[C@H]1[C@H](C(=O)Nc2cc3cc([C@H](C)CC#N)c(Cl)cc3cn2)[C@H]1c1cnn(C)c1. The third kappa shape index (κ3) is 3.78. The molecule has 1 fully saturated rings. The van der Waals surface area contributed by atoms with Crippen molar-refractivity contribution in [3.63, 3.8) is 0 Å². The van der Waals surface area contributed by atoms with Gasteiger partial charge in [0.1, 0.15) is 5.82 Å². The van der Waals surface area contributed by atoms with Crippen LogP contribution in [-0.2, 0) is 11.8 Å². The van der Waals surface area contributed by atoms with Gasteiger partial charge in [-0.15, -0.1) is 0 Å². The molecule has 1 N–H and O–H groups in total. The van der Waals surface area contributed by atoms with Crippen LogP contribution in [-0.4, -0.2) is 20.7 Å². The van der Waals surface area contributed by atoms with Gasteiger partial charge in [-0.2, -0.15) is 10.4 Å². The van der Waals surface area contributed by atoms with E-state index in [1.807, 2.05) is 44.6 Å². The summed E-state index contributed by atoms with van der Waals surface area (Å²) in [4.78, 5) is 17.4. The van der Waals surface area contributed by atoms with Crippen LogP contribution in [0.25, 0.3) is 10.8 Å². The lowest BCUT2D eigenvalue weighted by molar-refractivity contribution is -0.117. The van der Waals surface area contributed by atoms with Gasteiger partial charge in [0.25, 0.3) is 0 Å². The van der Waals surface area contributed by atoms with Crippen molar-refractivity contribution in [3.05, 3.63) is 52.9 Å². The summed E-state index contributed by atoms with van der Waals surface area (Å²) in [6.45, 7) is 4.10. The molecule has 0 bridgehead atoms. The average Bonchev–Trinajstić information content (AvgIpc) is 3.31. The molecule has 1 amide bonds. The fraction of sp³-hybridized carbons (Fsp3) is 0.391. The lowest BCUT2D eigenvalue weighted by atomic mass is 9.96. The zero-order chi connectivity index (χ0) is 21.4. The van der Waals surface area contributed by atoms with E-state index in [1.54, 1.807) is 10.9 Å². The molecule has 0 radical (unpaired) electrons. The number of hydrogen-bond donors (Lipinski definition) is 1. The molecule has 6 nitrogen and oxygen atoms in total. The van der Waals surface area contributed by atoms with Gasteiger partial charge in [-0.25, -0.2) is 4.98 Å². The number of nitrogens with one attached hydrogen (secondary N) is 1. The van der Waals surface area contributed by atoms with Gasteiger partial charge in [0.2, 0.25) is 5.91 Å². The number of hydrogen-bond acceptors (Lipinski definition) is 4. The summed E-state index contributed by atoms with van der Waals surface area (Å²) in [6, 6.07) is 7.92. The summed E-state index contributed by atoms with van der Waals surface area (Å²) in [5, 5.41) is 18.7. The first-order valence-corrected chi connectivity index (χ1v) is 10.6. The highest BCUT2D eigenvalue weighted by molar-refractivity contribution is 6.32. The second-order valence-corrected chi connectivity index (χ2v) is 8.52. The Morgan fingerprint density at radius 2 is 2.13 bits per heavy atom. The molecule has 2 aromatic heterocycles. The largest absolute Gasteiger partial charge is 0.310 e. The summed E-state index contributed by atoms with van der Waals surface area (Å²) in [6.07, 6.45) is 6.90. The Labute approximate surface area is 180 Å². The monoisotopic (exact) mass is 421 g/mol. The topological polar surface area (TPSA) is 83.6 Å². The van der Waals surface area contributed by atoms with Crippen molar-refractivity contribution in [1.29, 1.82) is 5.26 Å². The third-order valence-corrected chi connectivity index (χ3v) is 6.40. The van der Waals surface area contributed by atoms with E-state index in [-0.39, 0.29) is 23.7 Å². The summed E-state index contributed by atoms with van der Waals surface area (Å²) >= 11 is 6.40. The summed E-state index contributed by atoms with van der Waals surface area (Å²) in [5.41, 5.74) is 2.04. The molecule has 1 aromatic carbocycles. The summed E-state index contributed by atoms with van der Waals surface area (Å²) < 4.78 is 1.77. The predicted octanol–water partition coefficient (Wildman–Crippen LogP) is 5.02. The Morgan fingerprint density at radius 1 is 1.33 bits per heavy atom. The van der Waals surface area contributed by atoms with E-state index in [9.17, 15) is 4.79 Å². The van der Waals surface area contributed by atoms with Gasteiger partial charge in [-0.1, -0.05) is 31.9 Å². The minimum absolute atomic E-state index is 0.00501. The number of aromatic nitrogens is 3. The van der Waals surface area contributed by atoms with E-state index in [0.717, 1.165) is 28.3 Å². The maximum atomic E-state index is 12.9. The number of aryl methyl sites for hydroxylation is 1. The van der Waals surface area contributed by atoms with Crippen molar-refractivity contribution >= 4 is 34.1 Å². The first-order chi connectivity index (χ1) is 14.4. The van der Waals surface area contributed by atoms with Crippen molar-refractivity contribution in [2.45, 2.75) is 38.5 Å². The lowest BCUT2D eigenvalue weighted by Gasteiger charge is -2.12. The first kappa shape index (κ1) is 20.4. The molecule has 1 saturated carbocycles. The Bertz CT molecular complexity index is 1150. The lowest BCUT2D eigenvalue weighted by Crippen LogP contribution is -2.16. The second kappa shape index (κ2) is 8.08. The fourth-order valence-electron chi connectivity index (χ4n) is 4.39. The molecule has 3 aromatic rings. The van der Waals surface area contributed by atoms with Crippen molar-refractivity contribution in [2.75, 3.05) is 5.32 Å². The molecule has 2 heterocycles. The molecule has 7 heteroatoms. The Hall–Kier alpha value is -2.91. The Morgan fingerprint density at radius 3 is 2.80 bits per heavy atom. The van der Waals surface area contributed by atoms with Crippen molar-refractivity contribution in [3.8, 4) is 6.07 Å². The van der Waals surface area contributed by atoms with Crippen LogP contribution >= 0.6 is 11.6 Å². The van der Waals surface area contributed by atoms with Crippen LogP contribution in [0.2, 0.25) is 5.02 Å². The van der Waals surface area contributed by atoms with E-state index >= 15 is 0 Å². The molecule has 0 saturated heterocycles. The van der Waals surface area contributed by atoms with Crippen LogP contribution in [0.4, 0.5) is 5.82 Å². The zero-order valence-corrected chi connectivity index (χ0v) is 18.0. The number of pyridine rings is 1. The normalized spacial score (nSPS) is 21.2. The van der Waals surface area contributed by atoms with Crippen molar-refractivity contribution in [2.24, 2.45) is 18.9 Å². The molecule has 4 atom stereocenters. The summed E-state index contributed by atoms with van der Waals surface area (Å²) in [5.74, 6) is 1.03. The number of rotatable bonds is 6. The Balaban J connectivity index is 1.55. The molecular formula is C23H24ClN5O. The number of carbonyl (C=O) groups excluding carboxylic acids is 1. The van der Waals surface area contributed by atoms with Gasteiger partial charge in [-0.3, -0.25) is 9.48 Å². The molecule has 30 heavy (non-hydrogen) atoms. The highest BCUT2D eigenvalue weighted by Crippen LogP contribution is 2.56. The fourth-order valence-corrected chi connectivity index (χ4v) is 4.75. The quantitative estimate of drug-likeness (QED) is 0.605. The Kier molecular flexibility index (Phi) is 5.48. The smallest absolute Gasteiger partial charge is 0.229 e. The minimum atomic E-state index is -0.0619. The van der Waals surface area contributed by atoms with Crippen LogP contribution in [0.15, 0.2) is 36.8 Å². The molecule has 4 rings (SSSR count). The average molecular weight is 422 g/mol. The number of nitriles is 1. The van der Waals surface area contributed by atoms with E-state index in [0.29, 0.717) is 23.2 Å². The summed E-state index contributed by atoms with van der Waals surface area (Å²) in [7, 11) is 1.89. The number of benzene rings is 1. The van der Waals surface area contributed by atoms with E-state index in [2.05, 4.69) is 28.4 Å². The van der Waals surface area contributed by atoms with Crippen molar-refractivity contribution < 1.29 is 4.79 Å². The molecule has 1 aliphatic carbocycles. The standard InChI is InChI=1S/C23H24ClN5O/c1-4-17-21(16-11-27-29(3)12-16)22(17)23(30)28-20-9-14-7-18(13(2)5-6-25)19(24)8-15(14)10-26-20/h7-13,17,21-22H,4-5H2,1-3H3,(H,26,28,30)/t13-,17-,21+,22+/m1/s1. The van der Waals surface area contributed by atoms with Gasteiger partial charge in [-0.05, 0) is 46.5 Å². The number of carbonyl (C=O) groups is 1. The maximum Gasteiger partial charge on any atom is 0.229 e. The zero-order valence-electron chi connectivity index (χ0n) is 17.3. The van der Waals surface area contributed by atoms with Gasteiger partial charge in [0, 0.05) is 48.1 Å². The van der Waals surface area contributed by atoms with Crippen molar-refractivity contribution in [1.82, 2.24) is 14.8 Å². The highest BCUT2D eigenvalue weighted by atomic mass is 35.5. The minimum Gasteiger partial charge on any atom is -0.310 e. The van der Waals surface area contributed by atoms with Crippen LogP contribution in [0.3, 0.4) is 0 Å².